The van der Waals surface area contributed by atoms with Crippen molar-refractivity contribution in [2.75, 3.05) is 10.6 Å². The molecule has 0 heterocycles. The number of amides is 2. The average Bonchev–Trinajstić information content (AvgIpc) is 2.86. The molecule has 4 aromatic rings. The van der Waals surface area contributed by atoms with E-state index in [-0.39, 0.29) is 18.2 Å². The second-order valence-electron chi connectivity index (χ2n) is 7.90. The van der Waals surface area contributed by atoms with Gasteiger partial charge in [0.2, 0.25) is 11.8 Å². The largest absolute Gasteiger partial charge is 0.326 e. The van der Waals surface area contributed by atoms with E-state index in [1.165, 1.54) is 11.8 Å². The van der Waals surface area contributed by atoms with Gasteiger partial charge in [0.05, 0.1) is 17.1 Å². The molecule has 0 aliphatic heterocycles. The number of carbonyl (C=O) groups excluding carboxylic acids is 2. The van der Waals surface area contributed by atoms with Gasteiger partial charge in [-0.05, 0) is 59.7 Å². The molecule has 0 aromatic heterocycles. The molecule has 36 heavy (non-hydrogen) atoms. The van der Waals surface area contributed by atoms with Crippen molar-refractivity contribution in [3.05, 3.63) is 123 Å². The smallest absolute Gasteiger partial charge is 0.242 e. The fraction of sp³-hybridized carbons (Fsp3) is 0.0714. The molecule has 0 saturated carbocycles. The summed E-state index contributed by atoms with van der Waals surface area (Å²) >= 11 is 19.5. The molecule has 4 nitrogen and oxygen atoms in total. The van der Waals surface area contributed by atoms with Crippen molar-refractivity contribution in [2.45, 2.75) is 16.6 Å². The Morgan fingerprint density at radius 1 is 0.750 bits per heavy atom. The van der Waals surface area contributed by atoms with Crippen LogP contribution in [0.2, 0.25) is 15.1 Å². The standard InChI is InChI=1S/C28H21Cl3N2O2S/c29-20-11-9-18(10-12-20)15-26(34)32-22-7-4-8-23(17-22)36-27(19-5-2-1-3-6-19)28(35)33-25-14-13-21(30)16-24(25)31/h1-14,16-17,27H,15H2,(H,32,34)(H,33,35). The number of carbonyl (C=O) groups is 2. The lowest BCUT2D eigenvalue weighted by molar-refractivity contribution is -0.116. The fourth-order valence-corrected chi connectivity index (χ4v) is 5.13. The van der Waals surface area contributed by atoms with Gasteiger partial charge in [-0.3, -0.25) is 9.59 Å². The van der Waals surface area contributed by atoms with Gasteiger partial charge in [0.15, 0.2) is 0 Å². The van der Waals surface area contributed by atoms with Crippen LogP contribution in [0.3, 0.4) is 0 Å². The molecule has 4 rings (SSSR count). The SMILES string of the molecule is O=C(Cc1ccc(Cl)cc1)Nc1cccc(SC(C(=O)Nc2ccc(Cl)cc2Cl)c2ccccc2)c1. The Hall–Kier alpha value is -2.96. The highest BCUT2D eigenvalue weighted by molar-refractivity contribution is 8.00. The van der Waals surface area contributed by atoms with Crippen molar-refractivity contribution < 1.29 is 9.59 Å². The summed E-state index contributed by atoms with van der Waals surface area (Å²) in [6.07, 6.45) is 0.228. The third-order valence-electron chi connectivity index (χ3n) is 5.18. The lowest BCUT2D eigenvalue weighted by Crippen LogP contribution is -2.19. The van der Waals surface area contributed by atoms with Gasteiger partial charge in [0.25, 0.3) is 0 Å². The van der Waals surface area contributed by atoms with Gasteiger partial charge in [0.1, 0.15) is 5.25 Å². The maximum absolute atomic E-state index is 13.3. The summed E-state index contributed by atoms with van der Waals surface area (Å²) in [5, 5.41) is 6.74. The first-order valence-corrected chi connectivity index (χ1v) is 13.0. The summed E-state index contributed by atoms with van der Waals surface area (Å²) in [5.74, 6) is -0.373. The molecule has 1 atom stereocenters. The van der Waals surface area contributed by atoms with Gasteiger partial charge in [-0.2, -0.15) is 0 Å². The molecule has 4 aromatic carbocycles. The van der Waals surface area contributed by atoms with E-state index in [0.29, 0.717) is 26.4 Å². The number of thioether (sulfide) groups is 1. The van der Waals surface area contributed by atoms with Gasteiger partial charge in [0, 0.05) is 20.6 Å². The van der Waals surface area contributed by atoms with Crippen molar-refractivity contribution in [3.8, 4) is 0 Å². The van der Waals surface area contributed by atoms with Crippen LogP contribution in [-0.2, 0) is 16.0 Å². The maximum atomic E-state index is 13.3. The summed E-state index contributed by atoms with van der Waals surface area (Å²) in [4.78, 5) is 26.7. The summed E-state index contributed by atoms with van der Waals surface area (Å²) in [5.41, 5.74) is 2.83. The van der Waals surface area contributed by atoms with E-state index < -0.39 is 5.25 Å². The third kappa shape index (κ3) is 7.28. The number of benzene rings is 4. The van der Waals surface area contributed by atoms with Crippen LogP contribution >= 0.6 is 46.6 Å². The summed E-state index contributed by atoms with van der Waals surface area (Å²) < 4.78 is 0. The first-order chi connectivity index (χ1) is 17.4. The second-order valence-corrected chi connectivity index (χ2v) is 10.4. The van der Waals surface area contributed by atoms with Gasteiger partial charge in [-0.1, -0.05) is 83.3 Å². The zero-order valence-electron chi connectivity index (χ0n) is 18.9. The van der Waals surface area contributed by atoms with E-state index in [2.05, 4.69) is 10.6 Å². The molecule has 0 radical (unpaired) electrons. The normalized spacial score (nSPS) is 11.5. The fourth-order valence-electron chi connectivity index (χ4n) is 3.47. The van der Waals surface area contributed by atoms with Crippen molar-refractivity contribution >= 4 is 69.8 Å². The zero-order valence-corrected chi connectivity index (χ0v) is 22.0. The highest BCUT2D eigenvalue weighted by Gasteiger charge is 2.23. The van der Waals surface area contributed by atoms with Crippen molar-refractivity contribution in [3.63, 3.8) is 0 Å². The average molecular weight is 556 g/mol. The quantitative estimate of drug-likeness (QED) is 0.215. The van der Waals surface area contributed by atoms with Crippen LogP contribution in [0.5, 0.6) is 0 Å². The molecule has 0 fully saturated rings. The first-order valence-electron chi connectivity index (χ1n) is 11.0. The van der Waals surface area contributed by atoms with Crippen molar-refractivity contribution in [1.29, 1.82) is 0 Å². The number of anilines is 2. The minimum atomic E-state index is -0.557. The summed E-state index contributed by atoms with van der Waals surface area (Å²) in [7, 11) is 0. The van der Waals surface area contributed by atoms with E-state index in [1.54, 1.807) is 30.3 Å². The number of nitrogens with one attached hydrogen (secondary N) is 2. The number of hydrogen-bond donors (Lipinski definition) is 2. The second kappa shape index (κ2) is 12.3. The molecule has 1 unspecified atom stereocenters. The Bertz CT molecular complexity index is 1370. The Morgan fingerprint density at radius 2 is 1.47 bits per heavy atom. The molecular weight excluding hydrogens is 535 g/mol. The van der Waals surface area contributed by atoms with Crippen LogP contribution in [0.25, 0.3) is 0 Å². The Morgan fingerprint density at radius 3 is 2.19 bits per heavy atom. The first kappa shape index (κ1) is 26.1. The minimum Gasteiger partial charge on any atom is -0.326 e. The molecule has 2 N–H and O–H groups in total. The molecule has 8 heteroatoms. The Kier molecular flexibility index (Phi) is 8.94. The third-order valence-corrected chi connectivity index (χ3v) is 7.23. The Labute approximate surface area is 229 Å². The van der Waals surface area contributed by atoms with Crippen LogP contribution in [0.15, 0.2) is 102 Å². The van der Waals surface area contributed by atoms with E-state index in [4.69, 9.17) is 34.8 Å². The molecular formula is C28H21Cl3N2O2S. The van der Waals surface area contributed by atoms with Crippen LogP contribution in [0.1, 0.15) is 16.4 Å². The van der Waals surface area contributed by atoms with Crippen molar-refractivity contribution in [2.24, 2.45) is 0 Å². The minimum absolute atomic E-state index is 0.144. The van der Waals surface area contributed by atoms with Crippen LogP contribution in [-0.4, -0.2) is 11.8 Å². The lowest BCUT2D eigenvalue weighted by atomic mass is 10.1. The monoisotopic (exact) mass is 554 g/mol. The van der Waals surface area contributed by atoms with Crippen LogP contribution < -0.4 is 10.6 Å². The van der Waals surface area contributed by atoms with Gasteiger partial charge in [-0.25, -0.2) is 0 Å². The van der Waals surface area contributed by atoms with E-state index in [9.17, 15) is 9.59 Å². The van der Waals surface area contributed by atoms with E-state index in [0.717, 1.165) is 16.0 Å². The number of halogens is 3. The molecule has 0 spiro atoms. The van der Waals surface area contributed by atoms with Gasteiger partial charge in [-0.15, -0.1) is 11.8 Å². The molecule has 0 saturated heterocycles. The number of hydrogen-bond acceptors (Lipinski definition) is 3. The summed E-state index contributed by atoms with van der Waals surface area (Å²) in [6.45, 7) is 0. The number of rotatable bonds is 8. The van der Waals surface area contributed by atoms with Crippen LogP contribution in [0.4, 0.5) is 11.4 Å². The maximum Gasteiger partial charge on any atom is 0.242 e. The van der Waals surface area contributed by atoms with Gasteiger partial charge >= 0.3 is 0 Å². The molecule has 0 bridgehead atoms. The lowest BCUT2D eigenvalue weighted by Gasteiger charge is -2.18. The predicted molar refractivity (Wildman–Crippen MR) is 150 cm³/mol. The molecule has 0 aliphatic carbocycles. The van der Waals surface area contributed by atoms with Crippen LogP contribution in [0, 0.1) is 0 Å². The molecule has 182 valence electrons. The van der Waals surface area contributed by atoms with E-state index in [1.807, 2.05) is 66.7 Å². The molecule has 2 amide bonds. The molecule has 0 aliphatic rings. The highest BCUT2D eigenvalue weighted by atomic mass is 35.5. The van der Waals surface area contributed by atoms with Gasteiger partial charge < -0.3 is 10.6 Å². The predicted octanol–water partition coefficient (Wildman–Crippen LogP) is 8.30. The zero-order chi connectivity index (χ0) is 25.5. The topological polar surface area (TPSA) is 58.2 Å². The van der Waals surface area contributed by atoms with E-state index >= 15 is 0 Å². The van der Waals surface area contributed by atoms with Crippen molar-refractivity contribution in [1.82, 2.24) is 0 Å². The Balaban J connectivity index is 1.50. The highest BCUT2D eigenvalue weighted by Crippen LogP contribution is 2.38. The summed E-state index contributed by atoms with van der Waals surface area (Å²) in [6, 6.07) is 29.0.